The summed E-state index contributed by atoms with van der Waals surface area (Å²) in [6, 6.07) is 1.15. The zero-order valence-corrected chi connectivity index (χ0v) is 18.9. The minimum absolute atomic E-state index is 0.00340. The molecule has 7 heteroatoms. The maximum Gasteiger partial charge on any atom is 0.336 e. The van der Waals surface area contributed by atoms with Crippen molar-refractivity contribution in [1.82, 2.24) is 0 Å². The minimum Gasteiger partial charge on any atom is -0.507 e. The molecule has 0 amide bonds. The zero-order chi connectivity index (χ0) is 23.5. The molecule has 1 aromatic carbocycles. The number of allylic oxidation sites excluding steroid dienone is 2. The van der Waals surface area contributed by atoms with Crippen molar-refractivity contribution in [2.45, 2.75) is 66.9 Å². The lowest BCUT2D eigenvalue weighted by molar-refractivity contribution is -0.146. The lowest BCUT2D eigenvalue weighted by atomic mass is 9.91. The lowest BCUT2D eigenvalue weighted by Crippen LogP contribution is -2.14. The first-order valence-electron chi connectivity index (χ1n) is 10.4. The van der Waals surface area contributed by atoms with E-state index in [1.165, 1.54) is 6.92 Å². The molecule has 0 bridgehead atoms. The van der Waals surface area contributed by atoms with E-state index in [0.29, 0.717) is 6.42 Å². The van der Waals surface area contributed by atoms with Crippen LogP contribution in [0.2, 0.25) is 0 Å². The summed E-state index contributed by atoms with van der Waals surface area (Å²) < 4.78 is 10.7. The Morgan fingerprint density at radius 2 is 1.81 bits per heavy atom. The van der Waals surface area contributed by atoms with Crippen molar-refractivity contribution in [3.8, 4) is 11.5 Å². The summed E-state index contributed by atoms with van der Waals surface area (Å²) >= 11 is 0. The Labute approximate surface area is 181 Å². The number of rotatable bonds is 8. The molecule has 1 heterocycles. The summed E-state index contributed by atoms with van der Waals surface area (Å²) in [7, 11) is 0. The van der Waals surface area contributed by atoms with Crippen molar-refractivity contribution in [3.63, 3.8) is 0 Å². The number of benzene rings is 1. The van der Waals surface area contributed by atoms with Gasteiger partial charge in [0.1, 0.15) is 23.2 Å². The molecule has 2 rings (SSSR count). The van der Waals surface area contributed by atoms with Crippen LogP contribution in [0.3, 0.4) is 0 Å². The van der Waals surface area contributed by atoms with E-state index >= 15 is 0 Å². The second-order valence-electron chi connectivity index (χ2n) is 8.29. The molecule has 168 valence electrons. The minimum atomic E-state index is -0.830. The van der Waals surface area contributed by atoms with E-state index in [1.807, 2.05) is 27.7 Å². The van der Waals surface area contributed by atoms with Gasteiger partial charge in [0.2, 0.25) is 0 Å². The summed E-state index contributed by atoms with van der Waals surface area (Å²) in [4.78, 5) is 37.0. The SMILES string of the molecule is CC[C@@H](OC(C)=O)c1cc(=O)oc2c(C(=O)CC(C)C)c(O)c(CC=C(C)C)c(O)c12. The molecular weight excluding hydrogens is 400 g/mol. The standard InChI is InChI=1S/C24H30O7/c1-7-18(30-14(6)25)16-11-19(27)31-24-20(16)22(28)15(9-8-12(2)3)23(29)21(24)17(26)10-13(4)5/h8,11,13,18,28-29H,7,9-10H2,1-6H3/t18-/m1/s1. The van der Waals surface area contributed by atoms with Crippen LogP contribution in [-0.4, -0.2) is 22.0 Å². The topological polar surface area (TPSA) is 114 Å². The van der Waals surface area contributed by atoms with Gasteiger partial charge in [0.15, 0.2) is 11.4 Å². The normalized spacial score (nSPS) is 12.1. The number of aromatic hydroxyl groups is 2. The number of phenolic OH excluding ortho intramolecular Hbond substituents is 2. The number of hydrogen-bond acceptors (Lipinski definition) is 7. The van der Waals surface area contributed by atoms with Crippen LogP contribution in [0, 0.1) is 5.92 Å². The molecule has 0 aliphatic carbocycles. The molecule has 0 radical (unpaired) electrons. The Morgan fingerprint density at radius 1 is 1.16 bits per heavy atom. The largest absolute Gasteiger partial charge is 0.507 e. The van der Waals surface area contributed by atoms with Crippen molar-refractivity contribution in [2.75, 3.05) is 0 Å². The van der Waals surface area contributed by atoms with Gasteiger partial charge in [0, 0.05) is 30.5 Å². The molecule has 0 aliphatic heterocycles. The van der Waals surface area contributed by atoms with Crippen molar-refractivity contribution in [2.24, 2.45) is 5.92 Å². The van der Waals surface area contributed by atoms with Gasteiger partial charge in [0.25, 0.3) is 0 Å². The molecule has 2 aromatic rings. The van der Waals surface area contributed by atoms with E-state index in [-0.39, 0.29) is 52.2 Å². The van der Waals surface area contributed by atoms with E-state index in [9.17, 15) is 24.6 Å². The second-order valence-corrected chi connectivity index (χ2v) is 8.29. The third-order valence-electron chi connectivity index (χ3n) is 4.88. The van der Waals surface area contributed by atoms with Crippen LogP contribution in [0.5, 0.6) is 11.5 Å². The molecule has 31 heavy (non-hydrogen) atoms. The molecule has 1 aromatic heterocycles. The van der Waals surface area contributed by atoms with Gasteiger partial charge in [0.05, 0.1) is 5.39 Å². The fourth-order valence-electron chi connectivity index (χ4n) is 3.51. The first-order valence-corrected chi connectivity index (χ1v) is 10.4. The van der Waals surface area contributed by atoms with Gasteiger partial charge in [-0.05, 0) is 32.6 Å². The molecule has 7 nitrogen and oxygen atoms in total. The Kier molecular flexibility index (Phi) is 7.65. The smallest absolute Gasteiger partial charge is 0.336 e. The van der Waals surface area contributed by atoms with Crippen molar-refractivity contribution < 1.29 is 29.0 Å². The fourth-order valence-corrected chi connectivity index (χ4v) is 3.51. The molecule has 0 saturated heterocycles. The van der Waals surface area contributed by atoms with Crippen LogP contribution in [0.1, 0.15) is 82.0 Å². The van der Waals surface area contributed by atoms with E-state index in [2.05, 4.69) is 0 Å². The van der Waals surface area contributed by atoms with Gasteiger partial charge in [-0.1, -0.05) is 32.4 Å². The first kappa shape index (κ1) is 24.2. The van der Waals surface area contributed by atoms with E-state index in [4.69, 9.17) is 9.15 Å². The van der Waals surface area contributed by atoms with E-state index < -0.39 is 29.2 Å². The number of phenols is 2. The molecule has 1 atom stereocenters. The van der Waals surface area contributed by atoms with Crippen LogP contribution in [-0.2, 0) is 16.0 Å². The predicted molar refractivity (Wildman–Crippen MR) is 118 cm³/mol. The Balaban J connectivity index is 3.00. The maximum atomic E-state index is 13.0. The van der Waals surface area contributed by atoms with Crippen molar-refractivity contribution in [1.29, 1.82) is 0 Å². The maximum absolute atomic E-state index is 13.0. The average molecular weight is 430 g/mol. The quantitative estimate of drug-likeness (QED) is 0.263. The van der Waals surface area contributed by atoms with Crippen LogP contribution in [0.15, 0.2) is 26.9 Å². The van der Waals surface area contributed by atoms with Gasteiger partial charge >= 0.3 is 11.6 Å². The number of ketones is 1. The number of esters is 1. The number of Topliss-reactive ketones (excluding diaryl/α,β-unsaturated/α-hetero) is 1. The van der Waals surface area contributed by atoms with Crippen molar-refractivity contribution in [3.05, 3.63) is 44.8 Å². The van der Waals surface area contributed by atoms with Crippen LogP contribution >= 0.6 is 0 Å². The van der Waals surface area contributed by atoms with Crippen LogP contribution in [0.4, 0.5) is 0 Å². The highest BCUT2D eigenvalue weighted by atomic mass is 16.5. The highest BCUT2D eigenvalue weighted by Crippen LogP contribution is 2.44. The molecular formula is C24H30O7. The van der Waals surface area contributed by atoms with Crippen LogP contribution < -0.4 is 5.63 Å². The Bertz CT molecular complexity index is 1090. The van der Waals surface area contributed by atoms with Crippen LogP contribution in [0.25, 0.3) is 11.0 Å². The number of carbonyl (C=O) groups is 2. The highest BCUT2D eigenvalue weighted by Gasteiger charge is 2.29. The second kappa shape index (κ2) is 9.81. The summed E-state index contributed by atoms with van der Waals surface area (Å²) in [5.41, 5.74) is 0.222. The highest BCUT2D eigenvalue weighted by molar-refractivity contribution is 6.11. The average Bonchev–Trinajstić information content (AvgIpc) is 2.64. The molecule has 2 N–H and O–H groups in total. The van der Waals surface area contributed by atoms with Gasteiger partial charge in [-0.25, -0.2) is 4.79 Å². The summed E-state index contributed by atoms with van der Waals surface area (Å²) in [6.45, 7) is 10.5. The predicted octanol–water partition coefficient (Wildman–Crippen LogP) is 4.96. The van der Waals surface area contributed by atoms with Gasteiger partial charge in [-0.3, -0.25) is 9.59 Å². The third kappa shape index (κ3) is 5.34. The van der Waals surface area contributed by atoms with Gasteiger partial charge in [-0.15, -0.1) is 0 Å². The molecule has 0 spiro atoms. The fraction of sp³-hybridized carbons (Fsp3) is 0.458. The number of hydrogen-bond donors (Lipinski definition) is 2. The number of fused-ring (bicyclic) bond motifs is 1. The molecule has 0 fully saturated rings. The Morgan fingerprint density at radius 3 is 2.32 bits per heavy atom. The molecule has 0 aliphatic rings. The monoisotopic (exact) mass is 430 g/mol. The third-order valence-corrected chi connectivity index (χ3v) is 4.88. The summed E-state index contributed by atoms with van der Waals surface area (Å²) in [5.74, 6) is -1.68. The van der Waals surface area contributed by atoms with Gasteiger partial charge in [-0.2, -0.15) is 0 Å². The van der Waals surface area contributed by atoms with Crippen molar-refractivity contribution >= 4 is 22.7 Å². The first-order chi connectivity index (χ1) is 14.5. The molecule has 0 unspecified atom stereocenters. The molecule has 0 saturated carbocycles. The zero-order valence-electron chi connectivity index (χ0n) is 18.9. The number of carbonyl (C=O) groups excluding carboxylic acids is 2. The summed E-state index contributed by atoms with van der Waals surface area (Å²) in [5, 5.41) is 22.1. The summed E-state index contributed by atoms with van der Waals surface area (Å²) in [6.07, 6.45) is 1.59. The Hall–Kier alpha value is -3.09. The van der Waals surface area contributed by atoms with Gasteiger partial charge < -0.3 is 19.4 Å². The lowest BCUT2D eigenvalue weighted by Gasteiger charge is -2.20. The van der Waals surface area contributed by atoms with E-state index in [0.717, 1.165) is 11.6 Å². The van der Waals surface area contributed by atoms with E-state index in [1.54, 1.807) is 13.0 Å². The number of ether oxygens (including phenoxy) is 1.